The van der Waals surface area contributed by atoms with Crippen LogP contribution in [-0.2, 0) is 11.3 Å². The van der Waals surface area contributed by atoms with Crippen LogP contribution < -0.4 is 10.6 Å². The maximum atomic E-state index is 11.9. The highest BCUT2D eigenvalue weighted by molar-refractivity contribution is 7.13. The van der Waals surface area contributed by atoms with E-state index in [1.54, 1.807) is 11.3 Å². The standard InChI is InChI=1S/C17H21N3OS.ClH/c21-16(7-6-13-8-9-18-10-13)19-11-15-12-22-17(20-15)14-4-2-1-3-5-14;/h1-5,12-13,18H,6-11H2,(H,19,21);1H. The molecule has 1 unspecified atom stereocenters. The molecule has 0 radical (unpaired) electrons. The molecule has 124 valence electrons. The molecular weight excluding hydrogens is 330 g/mol. The number of hydrogen-bond donors (Lipinski definition) is 2. The van der Waals surface area contributed by atoms with E-state index in [9.17, 15) is 4.79 Å². The zero-order valence-corrected chi connectivity index (χ0v) is 14.6. The van der Waals surface area contributed by atoms with Crippen LogP contribution >= 0.6 is 23.7 Å². The van der Waals surface area contributed by atoms with E-state index < -0.39 is 0 Å². The lowest BCUT2D eigenvalue weighted by molar-refractivity contribution is -0.121. The Balaban J connectivity index is 0.00000192. The number of hydrogen-bond acceptors (Lipinski definition) is 4. The number of carbonyl (C=O) groups is 1. The summed E-state index contributed by atoms with van der Waals surface area (Å²) in [6, 6.07) is 10.1. The van der Waals surface area contributed by atoms with Gasteiger partial charge in [0.05, 0.1) is 12.2 Å². The summed E-state index contributed by atoms with van der Waals surface area (Å²) >= 11 is 1.62. The summed E-state index contributed by atoms with van der Waals surface area (Å²) in [7, 11) is 0. The monoisotopic (exact) mass is 351 g/mol. The lowest BCUT2D eigenvalue weighted by Crippen LogP contribution is -2.23. The number of amides is 1. The van der Waals surface area contributed by atoms with Crippen LogP contribution in [0.25, 0.3) is 10.6 Å². The van der Waals surface area contributed by atoms with Gasteiger partial charge in [-0.15, -0.1) is 23.7 Å². The molecule has 2 N–H and O–H groups in total. The van der Waals surface area contributed by atoms with Crippen LogP contribution in [0.15, 0.2) is 35.7 Å². The van der Waals surface area contributed by atoms with Crippen LogP contribution in [0.2, 0.25) is 0 Å². The molecule has 1 atom stereocenters. The van der Waals surface area contributed by atoms with Crippen LogP contribution in [0.1, 0.15) is 25.0 Å². The second kappa shape index (κ2) is 9.01. The molecule has 1 amide bonds. The Kier molecular flexibility index (Phi) is 7.02. The van der Waals surface area contributed by atoms with E-state index in [1.807, 2.05) is 23.6 Å². The number of halogens is 1. The van der Waals surface area contributed by atoms with Crippen molar-refractivity contribution in [3.05, 3.63) is 41.4 Å². The van der Waals surface area contributed by atoms with Crippen LogP contribution in [0.3, 0.4) is 0 Å². The van der Waals surface area contributed by atoms with Gasteiger partial charge in [0, 0.05) is 17.4 Å². The number of rotatable bonds is 6. The highest BCUT2D eigenvalue weighted by Gasteiger charge is 2.15. The predicted octanol–water partition coefficient (Wildman–Crippen LogP) is 3.24. The molecule has 2 heterocycles. The third kappa shape index (κ3) is 5.30. The second-order valence-electron chi connectivity index (χ2n) is 5.68. The Morgan fingerprint density at radius 3 is 2.91 bits per heavy atom. The maximum Gasteiger partial charge on any atom is 0.220 e. The Morgan fingerprint density at radius 1 is 1.35 bits per heavy atom. The third-order valence-electron chi connectivity index (χ3n) is 3.98. The van der Waals surface area contributed by atoms with Gasteiger partial charge >= 0.3 is 0 Å². The highest BCUT2D eigenvalue weighted by atomic mass is 35.5. The van der Waals surface area contributed by atoms with Crippen molar-refractivity contribution < 1.29 is 4.79 Å². The van der Waals surface area contributed by atoms with Crippen molar-refractivity contribution in [2.24, 2.45) is 5.92 Å². The van der Waals surface area contributed by atoms with Gasteiger partial charge in [0.1, 0.15) is 5.01 Å². The number of thiazole rings is 1. The summed E-state index contributed by atoms with van der Waals surface area (Å²) in [5.74, 6) is 0.788. The van der Waals surface area contributed by atoms with E-state index in [4.69, 9.17) is 0 Å². The molecule has 0 aliphatic carbocycles. The molecule has 2 aromatic rings. The number of nitrogens with one attached hydrogen (secondary N) is 2. The van der Waals surface area contributed by atoms with E-state index in [0.29, 0.717) is 18.9 Å². The zero-order chi connectivity index (χ0) is 15.2. The van der Waals surface area contributed by atoms with Gasteiger partial charge in [0.2, 0.25) is 5.91 Å². The summed E-state index contributed by atoms with van der Waals surface area (Å²) < 4.78 is 0. The largest absolute Gasteiger partial charge is 0.350 e. The Bertz CT molecular complexity index is 611. The molecule has 23 heavy (non-hydrogen) atoms. The molecule has 3 rings (SSSR count). The van der Waals surface area contributed by atoms with Crippen molar-refractivity contribution in [3.63, 3.8) is 0 Å². The van der Waals surface area contributed by atoms with E-state index in [-0.39, 0.29) is 18.3 Å². The Labute approximate surface area is 147 Å². The van der Waals surface area contributed by atoms with Gasteiger partial charge in [-0.25, -0.2) is 4.98 Å². The molecule has 1 aromatic heterocycles. The lowest BCUT2D eigenvalue weighted by atomic mass is 10.0. The molecule has 1 aromatic carbocycles. The summed E-state index contributed by atoms with van der Waals surface area (Å²) in [5, 5.41) is 9.32. The third-order valence-corrected chi connectivity index (χ3v) is 4.92. The number of benzene rings is 1. The van der Waals surface area contributed by atoms with Crippen LogP contribution in [0, 0.1) is 5.92 Å². The first kappa shape index (κ1) is 17.9. The van der Waals surface area contributed by atoms with Crippen molar-refractivity contribution in [1.29, 1.82) is 0 Å². The van der Waals surface area contributed by atoms with Gasteiger partial charge in [0.15, 0.2) is 0 Å². The van der Waals surface area contributed by atoms with Crippen molar-refractivity contribution in [1.82, 2.24) is 15.6 Å². The van der Waals surface area contributed by atoms with Gasteiger partial charge < -0.3 is 10.6 Å². The first-order valence-electron chi connectivity index (χ1n) is 7.78. The van der Waals surface area contributed by atoms with Gasteiger partial charge in [0.25, 0.3) is 0 Å². The van der Waals surface area contributed by atoms with E-state index >= 15 is 0 Å². The highest BCUT2D eigenvalue weighted by Crippen LogP contribution is 2.23. The number of aromatic nitrogens is 1. The Morgan fingerprint density at radius 2 is 2.17 bits per heavy atom. The summed E-state index contributed by atoms with van der Waals surface area (Å²) in [4.78, 5) is 16.5. The first-order valence-corrected chi connectivity index (χ1v) is 8.66. The van der Waals surface area contributed by atoms with Gasteiger partial charge in [-0.2, -0.15) is 0 Å². The molecule has 4 nitrogen and oxygen atoms in total. The quantitative estimate of drug-likeness (QED) is 0.840. The molecule has 0 spiro atoms. The van der Waals surface area contributed by atoms with Crippen molar-refractivity contribution in [3.8, 4) is 10.6 Å². The van der Waals surface area contributed by atoms with Crippen molar-refractivity contribution in [2.75, 3.05) is 13.1 Å². The summed E-state index contributed by atoms with van der Waals surface area (Å²) in [6.45, 7) is 2.66. The van der Waals surface area contributed by atoms with E-state index in [1.165, 1.54) is 6.42 Å². The normalized spacial score (nSPS) is 16.8. The van der Waals surface area contributed by atoms with Crippen LogP contribution in [-0.4, -0.2) is 24.0 Å². The van der Waals surface area contributed by atoms with Gasteiger partial charge in [-0.1, -0.05) is 30.3 Å². The van der Waals surface area contributed by atoms with Crippen molar-refractivity contribution >= 4 is 29.7 Å². The Hall–Kier alpha value is -1.43. The second-order valence-corrected chi connectivity index (χ2v) is 6.54. The van der Waals surface area contributed by atoms with Crippen molar-refractivity contribution in [2.45, 2.75) is 25.8 Å². The fraction of sp³-hybridized carbons (Fsp3) is 0.412. The first-order chi connectivity index (χ1) is 10.8. The molecule has 6 heteroatoms. The number of carbonyl (C=O) groups excluding carboxylic acids is 1. The fourth-order valence-corrected chi connectivity index (χ4v) is 3.50. The minimum atomic E-state index is 0. The summed E-state index contributed by atoms with van der Waals surface area (Å²) in [6.07, 6.45) is 2.78. The van der Waals surface area contributed by atoms with Crippen LogP contribution in [0.4, 0.5) is 0 Å². The maximum absolute atomic E-state index is 11.9. The minimum absolute atomic E-state index is 0. The predicted molar refractivity (Wildman–Crippen MR) is 96.9 cm³/mol. The zero-order valence-electron chi connectivity index (χ0n) is 13.0. The minimum Gasteiger partial charge on any atom is -0.350 e. The van der Waals surface area contributed by atoms with Gasteiger partial charge in [-0.05, 0) is 31.8 Å². The molecule has 1 aliphatic rings. The van der Waals surface area contributed by atoms with E-state index in [0.717, 1.165) is 35.8 Å². The summed E-state index contributed by atoms with van der Waals surface area (Å²) in [5.41, 5.74) is 2.05. The average molecular weight is 352 g/mol. The lowest BCUT2D eigenvalue weighted by Gasteiger charge is -2.07. The van der Waals surface area contributed by atoms with E-state index in [2.05, 4.69) is 27.8 Å². The molecular formula is C17H22ClN3OS. The van der Waals surface area contributed by atoms with Gasteiger partial charge in [-0.3, -0.25) is 4.79 Å². The fourth-order valence-electron chi connectivity index (χ4n) is 2.68. The average Bonchev–Trinajstić information content (AvgIpc) is 3.23. The van der Waals surface area contributed by atoms with Crippen LogP contribution in [0.5, 0.6) is 0 Å². The molecule has 1 fully saturated rings. The molecule has 1 saturated heterocycles. The number of nitrogens with zero attached hydrogens (tertiary/aromatic N) is 1. The molecule has 0 saturated carbocycles. The topological polar surface area (TPSA) is 54.0 Å². The SMILES string of the molecule is Cl.O=C(CCC1CCNC1)NCc1csc(-c2ccccc2)n1. The molecule has 1 aliphatic heterocycles. The smallest absolute Gasteiger partial charge is 0.220 e. The molecule has 0 bridgehead atoms.